The molecule has 0 radical (unpaired) electrons. The molecule has 0 aliphatic rings. The maximum absolute atomic E-state index is 13.2. The topological polar surface area (TPSA) is 111 Å². The van der Waals surface area contributed by atoms with E-state index in [1.54, 1.807) is 29.2 Å². The van der Waals surface area contributed by atoms with Gasteiger partial charge in [-0.15, -0.1) is 10.2 Å². The number of benzene rings is 2. The van der Waals surface area contributed by atoms with Crippen LogP contribution in [0.4, 0.5) is 13.2 Å². The van der Waals surface area contributed by atoms with Crippen LogP contribution in [0.2, 0.25) is 5.02 Å². The second-order valence-electron chi connectivity index (χ2n) is 9.25. The van der Waals surface area contributed by atoms with Crippen LogP contribution in [0.15, 0.2) is 59.7 Å². The molecule has 0 fully saturated rings. The van der Waals surface area contributed by atoms with Gasteiger partial charge in [0.15, 0.2) is 17.8 Å². The first-order valence-corrected chi connectivity index (χ1v) is 12.8. The summed E-state index contributed by atoms with van der Waals surface area (Å²) in [6.07, 6.45) is -6.34. The zero-order chi connectivity index (χ0) is 29.2. The summed E-state index contributed by atoms with van der Waals surface area (Å²) in [4.78, 5) is 32.3. The molecule has 2 aromatic heterocycles. The molecule has 1 atom stereocenters. The van der Waals surface area contributed by atoms with Gasteiger partial charge in [0.2, 0.25) is 0 Å². The van der Waals surface area contributed by atoms with Crippen molar-refractivity contribution < 1.29 is 23.1 Å². The number of hydrogen-bond donors (Lipinski definition) is 1. The average Bonchev–Trinajstić information content (AvgIpc) is 3.49. The Morgan fingerprint density at radius 1 is 1.10 bits per heavy atom. The van der Waals surface area contributed by atoms with Crippen LogP contribution >= 0.6 is 11.6 Å². The molecule has 4 aromatic rings. The third kappa shape index (κ3) is 6.10. The van der Waals surface area contributed by atoms with E-state index in [-0.39, 0.29) is 30.1 Å². The molecule has 10 nitrogen and oxygen atoms in total. The molecule has 0 spiro atoms. The fourth-order valence-corrected chi connectivity index (χ4v) is 4.30. The Kier molecular flexibility index (Phi) is 8.45. The van der Waals surface area contributed by atoms with Crippen molar-refractivity contribution in [2.45, 2.75) is 52.2 Å². The number of alkyl halides is 3. The highest BCUT2D eigenvalue weighted by molar-refractivity contribution is 6.30. The van der Waals surface area contributed by atoms with Crippen LogP contribution in [0.5, 0.6) is 0 Å². The lowest BCUT2D eigenvalue weighted by Crippen LogP contribution is -2.37. The van der Waals surface area contributed by atoms with Crippen LogP contribution in [-0.2, 0) is 13.1 Å². The highest BCUT2D eigenvalue weighted by Gasteiger charge is 2.39. The minimum absolute atomic E-state index is 0.0236. The van der Waals surface area contributed by atoms with Gasteiger partial charge in [-0.05, 0) is 57.2 Å². The monoisotopic (exact) mass is 577 g/mol. The molecule has 0 saturated carbocycles. The van der Waals surface area contributed by atoms with Gasteiger partial charge < -0.3 is 10.0 Å². The summed E-state index contributed by atoms with van der Waals surface area (Å²) in [5.41, 5.74) is 0.308. The van der Waals surface area contributed by atoms with E-state index in [9.17, 15) is 27.9 Å². The van der Waals surface area contributed by atoms with Gasteiger partial charge in [0.1, 0.15) is 12.9 Å². The Morgan fingerprint density at radius 2 is 1.77 bits per heavy atom. The Labute approximate surface area is 232 Å². The predicted octanol–water partition coefficient (Wildman–Crippen LogP) is 3.79. The molecular weight excluding hydrogens is 551 g/mol. The number of carbonyl (C=O) groups is 1. The summed E-state index contributed by atoms with van der Waals surface area (Å²) in [5, 5.41) is 18.7. The second-order valence-corrected chi connectivity index (χ2v) is 9.68. The van der Waals surface area contributed by atoms with Crippen molar-refractivity contribution in [2.75, 3.05) is 6.54 Å². The van der Waals surface area contributed by atoms with Crippen molar-refractivity contribution >= 4 is 17.5 Å². The van der Waals surface area contributed by atoms with Gasteiger partial charge in [0.05, 0.1) is 17.8 Å². The SMILES string of the molecule is CCN(C(=O)c1ccccc1-n1cnc(Cn2nc(-c3ccc(Cl)cc3)n(CC(O)C(F)(F)F)c2=O)n1)C(C)C. The van der Waals surface area contributed by atoms with Gasteiger partial charge >= 0.3 is 11.9 Å². The van der Waals surface area contributed by atoms with E-state index < -0.39 is 24.5 Å². The highest BCUT2D eigenvalue weighted by Crippen LogP contribution is 2.24. The molecule has 1 N–H and O–H groups in total. The first kappa shape index (κ1) is 29.0. The fraction of sp³-hybridized carbons (Fsp3) is 0.346. The van der Waals surface area contributed by atoms with Crippen LogP contribution in [0.1, 0.15) is 37.0 Å². The van der Waals surface area contributed by atoms with Crippen molar-refractivity contribution in [3.8, 4) is 17.1 Å². The zero-order valence-electron chi connectivity index (χ0n) is 21.9. The molecular formula is C26H27ClF3N7O3. The standard InChI is InChI=1S/C26H27ClF3N7O3/c1-4-34(16(2)3)24(39)19-7-5-6-8-20(19)37-15-31-22(32-37)14-36-25(40)35(13-21(38)26(28,29)30)23(33-36)17-9-11-18(27)12-10-17/h5-12,15-16,21,38H,4,13-14H2,1-3H3. The number of para-hydroxylation sites is 1. The van der Waals surface area contributed by atoms with Gasteiger partial charge in [-0.2, -0.15) is 13.2 Å². The number of rotatable bonds is 9. The number of aromatic nitrogens is 6. The fourth-order valence-electron chi connectivity index (χ4n) is 4.17. The summed E-state index contributed by atoms with van der Waals surface area (Å²) in [7, 11) is 0. The summed E-state index contributed by atoms with van der Waals surface area (Å²) in [6, 6.07) is 12.9. The molecule has 40 heavy (non-hydrogen) atoms. The Balaban J connectivity index is 1.69. The second kappa shape index (κ2) is 11.6. The van der Waals surface area contributed by atoms with Crippen LogP contribution in [0, 0.1) is 0 Å². The van der Waals surface area contributed by atoms with Crippen molar-refractivity contribution in [1.82, 2.24) is 34.0 Å². The van der Waals surface area contributed by atoms with E-state index in [4.69, 9.17) is 11.6 Å². The number of amides is 1. The van der Waals surface area contributed by atoms with Gasteiger partial charge in [-0.1, -0.05) is 23.7 Å². The smallest absolute Gasteiger partial charge is 0.382 e. The number of aliphatic hydroxyl groups is 1. The van der Waals surface area contributed by atoms with Crippen LogP contribution in [0.3, 0.4) is 0 Å². The average molecular weight is 578 g/mol. The number of nitrogens with zero attached hydrogens (tertiary/aromatic N) is 7. The Bertz CT molecular complexity index is 1540. The molecule has 2 aromatic carbocycles. The van der Waals surface area contributed by atoms with E-state index in [1.807, 2.05) is 20.8 Å². The highest BCUT2D eigenvalue weighted by atomic mass is 35.5. The van der Waals surface area contributed by atoms with Crippen LogP contribution in [-0.4, -0.2) is 69.9 Å². The quantitative estimate of drug-likeness (QED) is 0.324. The number of halogens is 4. The lowest BCUT2D eigenvalue weighted by molar-refractivity contribution is -0.207. The number of hydrogen-bond acceptors (Lipinski definition) is 6. The molecule has 0 aliphatic heterocycles. The van der Waals surface area contributed by atoms with Gasteiger partial charge in [0.25, 0.3) is 5.91 Å². The molecule has 1 unspecified atom stereocenters. The van der Waals surface area contributed by atoms with Crippen molar-refractivity contribution in [1.29, 1.82) is 0 Å². The van der Waals surface area contributed by atoms with Gasteiger partial charge in [0, 0.05) is 23.2 Å². The minimum Gasteiger partial charge on any atom is -0.382 e. The van der Waals surface area contributed by atoms with Gasteiger partial charge in [-0.25, -0.2) is 19.1 Å². The molecule has 0 aliphatic carbocycles. The van der Waals surface area contributed by atoms with E-state index >= 15 is 0 Å². The van der Waals surface area contributed by atoms with Crippen molar-refractivity contribution in [3.05, 3.63) is 81.8 Å². The molecule has 0 saturated heterocycles. The largest absolute Gasteiger partial charge is 0.416 e. The summed E-state index contributed by atoms with van der Waals surface area (Å²) < 4.78 is 42.4. The Morgan fingerprint density at radius 3 is 2.40 bits per heavy atom. The van der Waals surface area contributed by atoms with E-state index in [0.717, 1.165) is 9.25 Å². The summed E-state index contributed by atoms with van der Waals surface area (Å²) in [6.45, 7) is 4.90. The van der Waals surface area contributed by atoms with Crippen molar-refractivity contribution in [2.24, 2.45) is 0 Å². The van der Waals surface area contributed by atoms with E-state index in [1.165, 1.54) is 35.3 Å². The van der Waals surface area contributed by atoms with Crippen LogP contribution in [0.25, 0.3) is 17.1 Å². The van der Waals surface area contributed by atoms with E-state index in [2.05, 4.69) is 15.2 Å². The molecule has 1 amide bonds. The molecule has 14 heteroatoms. The molecule has 2 heterocycles. The third-order valence-electron chi connectivity index (χ3n) is 6.20. The summed E-state index contributed by atoms with van der Waals surface area (Å²) in [5.74, 6) is -0.145. The zero-order valence-corrected chi connectivity index (χ0v) is 22.6. The first-order chi connectivity index (χ1) is 18.9. The number of carbonyl (C=O) groups excluding carboxylic acids is 1. The molecule has 4 rings (SSSR count). The van der Waals surface area contributed by atoms with Crippen molar-refractivity contribution in [3.63, 3.8) is 0 Å². The molecule has 212 valence electrons. The van der Waals surface area contributed by atoms with E-state index in [0.29, 0.717) is 28.4 Å². The normalized spacial score (nSPS) is 12.6. The first-order valence-electron chi connectivity index (χ1n) is 12.4. The lowest BCUT2D eigenvalue weighted by Gasteiger charge is -2.26. The lowest BCUT2D eigenvalue weighted by atomic mass is 10.1. The maximum atomic E-state index is 13.2. The maximum Gasteiger partial charge on any atom is 0.416 e. The minimum atomic E-state index is -4.94. The van der Waals surface area contributed by atoms with Gasteiger partial charge in [-0.3, -0.25) is 9.36 Å². The third-order valence-corrected chi connectivity index (χ3v) is 6.45. The Hall–Kier alpha value is -3.97. The predicted molar refractivity (Wildman–Crippen MR) is 141 cm³/mol. The number of aliphatic hydroxyl groups excluding tert-OH is 1. The van der Waals surface area contributed by atoms with Crippen LogP contribution < -0.4 is 5.69 Å². The summed E-state index contributed by atoms with van der Waals surface area (Å²) >= 11 is 5.93. The molecule has 0 bridgehead atoms.